The first kappa shape index (κ1) is 19.6. The maximum Gasteiger partial charge on any atom is 0.273 e. The second kappa shape index (κ2) is 9.16. The van der Waals surface area contributed by atoms with E-state index < -0.39 is 5.91 Å². The van der Waals surface area contributed by atoms with E-state index in [1.54, 1.807) is 17.2 Å². The molecule has 0 saturated carbocycles. The smallest absolute Gasteiger partial charge is 0.273 e. The second-order valence-electron chi connectivity index (χ2n) is 6.79. The quantitative estimate of drug-likeness (QED) is 0.783. The number of rotatable bonds is 6. The van der Waals surface area contributed by atoms with E-state index in [1.807, 2.05) is 25.2 Å². The number of carbonyl (C=O) groups is 2. The van der Waals surface area contributed by atoms with Crippen molar-refractivity contribution in [2.45, 2.75) is 25.3 Å². The van der Waals surface area contributed by atoms with Crippen LogP contribution in [0.1, 0.15) is 29.8 Å². The lowest BCUT2D eigenvalue weighted by molar-refractivity contribution is -0.132. The average Bonchev–Trinajstić information content (AvgIpc) is 2.74. The monoisotopic (exact) mass is 383 g/mol. The predicted molar refractivity (Wildman–Crippen MR) is 105 cm³/mol. The van der Waals surface area contributed by atoms with E-state index in [1.165, 1.54) is 12.3 Å². The first-order chi connectivity index (χ1) is 13.6. The molecular formula is C20H25N5O3. The first-order valence-corrected chi connectivity index (χ1v) is 9.40. The highest BCUT2D eigenvalue weighted by atomic mass is 16.3. The number of piperidine rings is 1. The van der Waals surface area contributed by atoms with Crippen LogP contribution in [-0.4, -0.2) is 64.5 Å². The molecule has 0 spiro atoms. The van der Waals surface area contributed by atoms with Crippen LogP contribution in [0.4, 0.5) is 5.82 Å². The molecule has 0 aliphatic carbocycles. The summed E-state index contributed by atoms with van der Waals surface area (Å²) in [5, 5.41) is 12.3. The SMILES string of the molecule is CN(C(=O)CCNC(=O)c1ncccc1O)C1CCN(c2ccccn2)CC1. The van der Waals surface area contributed by atoms with Crippen molar-refractivity contribution in [2.24, 2.45) is 0 Å². The molecule has 1 aliphatic rings. The van der Waals surface area contributed by atoms with Gasteiger partial charge in [0.05, 0.1) is 0 Å². The molecule has 0 unspecified atom stereocenters. The molecule has 0 radical (unpaired) electrons. The van der Waals surface area contributed by atoms with Crippen molar-refractivity contribution < 1.29 is 14.7 Å². The van der Waals surface area contributed by atoms with Crippen molar-refractivity contribution in [3.05, 3.63) is 48.4 Å². The van der Waals surface area contributed by atoms with Crippen molar-refractivity contribution >= 4 is 17.6 Å². The summed E-state index contributed by atoms with van der Waals surface area (Å²) in [7, 11) is 1.82. The van der Waals surface area contributed by atoms with Gasteiger partial charge in [0.2, 0.25) is 5.91 Å². The average molecular weight is 383 g/mol. The van der Waals surface area contributed by atoms with Gasteiger partial charge in [-0.15, -0.1) is 0 Å². The van der Waals surface area contributed by atoms with Crippen LogP contribution in [0.15, 0.2) is 42.7 Å². The van der Waals surface area contributed by atoms with E-state index in [2.05, 4.69) is 20.2 Å². The highest BCUT2D eigenvalue weighted by Gasteiger charge is 2.25. The van der Waals surface area contributed by atoms with E-state index in [0.717, 1.165) is 31.7 Å². The van der Waals surface area contributed by atoms with Crippen molar-refractivity contribution in [2.75, 3.05) is 31.6 Å². The molecule has 0 atom stereocenters. The highest BCUT2D eigenvalue weighted by molar-refractivity contribution is 5.94. The van der Waals surface area contributed by atoms with Crippen molar-refractivity contribution in [1.29, 1.82) is 0 Å². The predicted octanol–water partition coefficient (Wildman–Crippen LogP) is 1.43. The van der Waals surface area contributed by atoms with Crippen LogP contribution in [-0.2, 0) is 4.79 Å². The molecule has 3 rings (SSSR count). The molecule has 3 heterocycles. The topological polar surface area (TPSA) is 98.7 Å². The Morgan fingerprint density at radius 1 is 1.18 bits per heavy atom. The summed E-state index contributed by atoms with van der Waals surface area (Å²) in [6.07, 6.45) is 5.19. The molecule has 0 aromatic carbocycles. The largest absolute Gasteiger partial charge is 0.505 e. The number of aromatic hydroxyl groups is 1. The minimum absolute atomic E-state index is 0.0122. The van der Waals surface area contributed by atoms with Crippen LogP contribution in [0.5, 0.6) is 5.75 Å². The van der Waals surface area contributed by atoms with E-state index in [9.17, 15) is 14.7 Å². The number of hydrogen-bond acceptors (Lipinski definition) is 6. The van der Waals surface area contributed by atoms with Gasteiger partial charge in [0, 0.05) is 51.5 Å². The molecule has 8 nitrogen and oxygen atoms in total. The van der Waals surface area contributed by atoms with Gasteiger partial charge in [-0.3, -0.25) is 9.59 Å². The summed E-state index contributed by atoms with van der Waals surface area (Å²) < 4.78 is 0. The molecule has 1 saturated heterocycles. The van der Waals surface area contributed by atoms with E-state index in [0.29, 0.717) is 0 Å². The van der Waals surface area contributed by atoms with Crippen LogP contribution in [0, 0.1) is 0 Å². The lowest BCUT2D eigenvalue weighted by atomic mass is 10.0. The number of carbonyl (C=O) groups excluding carboxylic acids is 2. The Kier molecular flexibility index (Phi) is 6.41. The van der Waals surface area contributed by atoms with Crippen LogP contribution in [0.2, 0.25) is 0 Å². The summed E-state index contributed by atoms with van der Waals surface area (Å²) in [5.74, 6) is 0.289. The number of nitrogens with one attached hydrogen (secondary N) is 1. The summed E-state index contributed by atoms with van der Waals surface area (Å²) in [5.41, 5.74) is -0.0369. The Hall–Kier alpha value is -3.16. The number of aromatic nitrogens is 2. The Morgan fingerprint density at radius 2 is 1.93 bits per heavy atom. The molecule has 1 fully saturated rings. The Balaban J connectivity index is 1.42. The third-order valence-electron chi connectivity index (χ3n) is 5.00. The molecular weight excluding hydrogens is 358 g/mol. The molecule has 148 valence electrons. The van der Waals surface area contributed by atoms with Crippen molar-refractivity contribution in [1.82, 2.24) is 20.2 Å². The zero-order chi connectivity index (χ0) is 19.9. The molecule has 2 aromatic rings. The highest BCUT2D eigenvalue weighted by Crippen LogP contribution is 2.20. The number of anilines is 1. The van der Waals surface area contributed by atoms with Gasteiger partial charge in [0.1, 0.15) is 11.6 Å². The van der Waals surface area contributed by atoms with Gasteiger partial charge in [-0.25, -0.2) is 9.97 Å². The minimum Gasteiger partial charge on any atom is -0.505 e. The molecule has 28 heavy (non-hydrogen) atoms. The third kappa shape index (κ3) is 4.76. The number of amides is 2. The molecule has 0 bridgehead atoms. The van der Waals surface area contributed by atoms with E-state index >= 15 is 0 Å². The van der Waals surface area contributed by atoms with Gasteiger partial charge in [0.25, 0.3) is 5.91 Å². The zero-order valence-electron chi connectivity index (χ0n) is 15.9. The zero-order valence-corrected chi connectivity index (χ0v) is 15.9. The summed E-state index contributed by atoms with van der Waals surface area (Å²) in [4.78, 5) is 36.7. The molecule has 8 heteroatoms. The van der Waals surface area contributed by atoms with E-state index in [4.69, 9.17) is 0 Å². The number of pyridine rings is 2. The summed E-state index contributed by atoms with van der Waals surface area (Å²) in [6, 6.07) is 9.00. The Bertz CT molecular complexity index is 806. The minimum atomic E-state index is -0.489. The van der Waals surface area contributed by atoms with Gasteiger partial charge >= 0.3 is 0 Å². The lowest BCUT2D eigenvalue weighted by Crippen LogP contribution is -2.46. The Labute approximate surface area is 164 Å². The number of nitrogens with zero attached hydrogens (tertiary/aromatic N) is 4. The van der Waals surface area contributed by atoms with Gasteiger partial charge in [0.15, 0.2) is 5.69 Å². The normalized spacial score (nSPS) is 14.5. The van der Waals surface area contributed by atoms with Crippen molar-refractivity contribution in [3.8, 4) is 5.75 Å². The van der Waals surface area contributed by atoms with Gasteiger partial charge in [-0.1, -0.05) is 6.07 Å². The number of hydrogen-bond donors (Lipinski definition) is 2. The third-order valence-corrected chi connectivity index (χ3v) is 5.00. The molecule has 2 N–H and O–H groups in total. The van der Waals surface area contributed by atoms with Crippen LogP contribution < -0.4 is 10.2 Å². The van der Waals surface area contributed by atoms with Crippen molar-refractivity contribution in [3.63, 3.8) is 0 Å². The van der Waals surface area contributed by atoms with Gasteiger partial charge in [-0.2, -0.15) is 0 Å². The molecule has 2 amide bonds. The van der Waals surface area contributed by atoms with Crippen LogP contribution in [0.3, 0.4) is 0 Å². The van der Waals surface area contributed by atoms with Crippen LogP contribution >= 0.6 is 0 Å². The van der Waals surface area contributed by atoms with E-state index in [-0.39, 0.29) is 36.4 Å². The Morgan fingerprint density at radius 3 is 2.61 bits per heavy atom. The standard InChI is InChI=1S/C20H25N5O3/c1-24(15-8-13-25(14-9-15)17-6-2-3-10-21-17)18(27)7-12-23-20(28)19-16(26)5-4-11-22-19/h2-6,10-11,15,26H,7-9,12-14H2,1H3,(H,23,28). The first-order valence-electron chi connectivity index (χ1n) is 9.40. The fraction of sp³-hybridized carbons (Fsp3) is 0.400. The fourth-order valence-corrected chi connectivity index (χ4v) is 3.34. The fourth-order valence-electron chi connectivity index (χ4n) is 3.34. The van der Waals surface area contributed by atoms with Gasteiger partial charge < -0.3 is 20.2 Å². The van der Waals surface area contributed by atoms with Crippen LogP contribution in [0.25, 0.3) is 0 Å². The summed E-state index contributed by atoms with van der Waals surface area (Å²) in [6.45, 7) is 1.91. The maximum absolute atomic E-state index is 12.5. The summed E-state index contributed by atoms with van der Waals surface area (Å²) >= 11 is 0. The lowest BCUT2D eigenvalue weighted by Gasteiger charge is -2.37. The second-order valence-corrected chi connectivity index (χ2v) is 6.79. The van der Waals surface area contributed by atoms with Gasteiger partial charge in [-0.05, 0) is 37.1 Å². The molecule has 2 aromatic heterocycles. The maximum atomic E-state index is 12.5. The molecule has 1 aliphatic heterocycles.